The Morgan fingerprint density at radius 2 is 1.76 bits per heavy atom. The zero-order chi connectivity index (χ0) is 21.1. The summed E-state index contributed by atoms with van der Waals surface area (Å²) in [5.41, 5.74) is 2.89. The van der Waals surface area contributed by atoms with E-state index in [1.807, 2.05) is 0 Å². The lowest BCUT2D eigenvalue weighted by Crippen LogP contribution is -2.32. The van der Waals surface area contributed by atoms with Gasteiger partial charge in [-0.3, -0.25) is 9.59 Å². The van der Waals surface area contributed by atoms with Crippen LogP contribution in [0.2, 0.25) is 0 Å². The summed E-state index contributed by atoms with van der Waals surface area (Å²) in [5.74, 6) is -2.44. The topological polar surface area (TPSA) is 129 Å². The zero-order valence-corrected chi connectivity index (χ0v) is 15.3. The molecule has 2 amide bonds. The summed E-state index contributed by atoms with van der Waals surface area (Å²) >= 11 is 0. The van der Waals surface area contributed by atoms with Gasteiger partial charge in [0.05, 0.1) is 12.2 Å². The first-order chi connectivity index (χ1) is 14.0. The van der Waals surface area contributed by atoms with E-state index in [1.165, 1.54) is 12.3 Å². The molecule has 0 saturated heterocycles. The molecule has 0 atom stereocenters. The van der Waals surface area contributed by atoms with Crippen LogP contribution in [0.5, 0.6) is 11.5 Å². The Balaban J connectivity index is 1.89. The van der Waals surface area contributed by atoms with Crippen LogP contribution in [0.1, 0.15) is 5.56 Å². The minimum absolute atomic E-state index is 0.234. The lowest BCUT2D eigenvalue weighted by molar-refractivity contribution is -0.307. The highest BCUT2D eigenvalue weighted by Gasteiger charge is 2.13. The lowest BCUT2D eigenvalue weighted by atomic mass is 10.2. The molecule has 0 aliphatic carbocycles. The number of rotatable bonds is 9. The molecular weight excluding hydrogens is 378 g/mol. The summed E-state index contributed by atoms with van der Waals surface area (Å²) in [6.45, 7) is 3.27. The number of ether oxygens (including phenoxy) is 2. The van der Waals surface area contributed by atoms with Gasteiger partial charge in [0.25, 0.3) is 0 Å². The average molecular weight is 396 g/mol. The van der Waals surface area contributed by atoms with Gasteiger partial charge in [-0.25, -0.2) is 5.43 Å². The van der Waals surface area contributed by atoms with E-state index in [4.69, 9.17) is 9.47 Å². The fourth-order valence-corrected chi connectivity index (χ4v) is 2.04. The van der Waals surface area contributed by atoms with Crippen molar-refractivity contribution in [3.05, 3.63) is 66.7 Å². The van der Waals surface area contributed by atoms with Crippen LogP contribution in [-0.4, -0.2) is 37.2 Å². The number of hydrogen-bond acceptors (Lipinski definition) is 7. The molecule has 2 aromatic carbocycles. The second-order valence-electron chi connectivity index (χ2n) is 5.48. The number of amides is 2. The van der Waals surface area contributed by atoms with Crippen LogP contribution < -0.4 is 25.3 Å². The van der Waals surface area contributed by atoms with E-state index in [9.17, 15) is 19.5 Å². The largest absolute Gasteiger partial charge is 0.546 e. The van der Waals surface area contributed by atoms with Crippen molar-refractivity contribution >= 4 is 29.7 Å². The SMILES string of the molecule is C=CCOc1ccc(NC(=O)C(=O)N/N=C\c2ccccc2OCC(=O)[O-])cc1. The summed E-state index contributed by atoms with van der Waals surface area (Å²) in [6, 6.07) is 12.9. The number of carboxylic acid groups (broad SMARTS) is 1. The average Bonchev–Trinajstić information content (AvgIpc) is 2.72. The molecule has 150 valence electrons. The molecule has 29 heavy (non-hydrogen) atoms. The fraction of sp³-hybridized carbons (Fsp3) is 0.100. The molecule has 0 bridgehead atoms. The third kappa shape index (κ3) is 7.18. The molecule has 0 fully saturated rings. The van der Waals surface area contributed by atoms with Crippen LogP contribution in [0, 0.1) is 0 Å². The number of anilines is 1. The summed E-state index contributed by atoms with van der Waals surface area (Å²) in [5, 5.41) is 16.6. The second-order valence-corrected chi connectivity index (χ2v) is 5.48. The van der Waals surface area contributed by atoms with Crippen molar-refractivity contribution in [3.63, 3.8) is 0 Å². The van der Waals surface area contributed by atoms with E-state index in [0.717, 1.165) is 0 Å². The zero-order valence-electron chi connectivity index (χ0n) is 15.3. The van der Waals surface area contributed by atoms with Crippen molar-refractivity contribution in [1.29, 1.82) is 0 Å². The minimum atomic E-state index is -1.37. The van der Waals surface area contributed by atoms with Gasteiger partial charge < -0.3 is 24.7 Å². The van der Waals surface area contributed by atoms with E-state index < -0.39 is 24.4 Å². The Kier molecular flexibility index (Phi) is 7.94. The molecule has 2 rings (SSSR count). The number of carbonyl (C=O) groups excluding carboxylic acids is 3. The number of carbonyl (C=O) groups is 3. The van der Waals surface area contributed by atoms with Crippen LogP contribution in [0.15, 0.2) is 66.3 Å². The molecule has 0 aliphatic rings. The number of nitrogens with zero attached hydrogens (tertiary/aromatic N) is 1. The number of carboxylic acids is 1. The highest BCUT2D eigenvalue weighted by molar-refractivity contribution is 6.39. The number of aliphatic carboxylic acids is 1. The van der Waals surface area contributed by atoms with Crippen molar-refractivity contribution in [2.24, 2.45) is 5.10 Å². The second kappa shape index (κ2) is 10.9. The highest BCUT2D eigenvalue weighted by atomic mass is 16.5. The van der Waals surface area contributed by atoms with Crippen LogP contribution >= 0.6 is 0 Å². The van der Waals surface area contributed by atoms with Crippen LogP contribution in [0.4, 0.5) is 5.69 Å². The van der Waals surface area contributed by atoms with Gasteiger partial charge in [-0.15, -0.1) is 0 Å². The van der Waals surface area contributed by atoms with Gasteiger partial charge in [0, 0.05) is 11.3 Å². The van der Waals surface area contributed by atoms with Crippen molar-refractivity contribution in [2.75, 3.05) is 18.5 Å². The van der Waals surface area contributed by atoms with E-state index >= 15 is 0 Å². The molecule has 0 aromatic heterocycles. The van der Waals surface area contributed by atoms with E-state index in [1.54, 1.807) is 48.5 Å². The van der Waals surface area contributed by atoms with E-state index in [2.05, 4.69) is 22.4 Å². The maximum absolute atomic E-state index is 11.9. The van der Waals surface area contributed by atoms with Gasteiger partial charge in [0.2, 0.25) is 0 Å². The number of para-hydroxylation sites is 1. The number of nitrogens with one attached hydrogen (secondary N) is 2. The van der Waals surface area contributed by atoms with Gasteiger partial charge in [-0.1, -0.05) is 24.8 Å². The summed E-state index contributed by atoms with van der Waals surface area (Å²) in [7, 11) is 0. The molecule has 0 heterocycles. The summed E-state index contributed by atoms with van der Waals surface area (Å²) < 4.78 is 10.4. The highest BCUT2D eigenvalue weighted by Crippen LogP contribution is 2.16. The van der Waals surface area contributed by atoms with Gasteiger partial charge in [0.15, 0.2) is 0 Å². The standard InChI is InChI=1S/C20H19N3O6/c1-2-11-28-16-9-7-15(8-10-16)22-19(26)20(27)23-21-12-14-5-3-4-6-17(14)29-13-18(24)25/h2-10,12H,1,11,13H2,(H,22,26)(H,23,27)(H,24,25)/p-1/b21-12-. The van der Waals surface area contributed by atoms with Crippen molar-refractivity contribution in [3.8, 4) is 11.5 Å². The molecule has 0 aliphatic heterocycles. The Morgan fingerprint density at radius 1 is 1.03 bits per heavy atom. The van der Waals surface area contributed by atoms with Gasteiger partial charge in [-0.05, 0) is 36.4 Å². The molecule has 2 N–H and O–H groups in total. The number of hydrogen-bond donors (Lipinski definition) is 2. The molecule has 0 spiro atoms. The van der Waals surface area contributed by atoms with Crippen molar-refractivity contribution in [2.45, 2.75) is 0 Å². The van der Waals surface area contributed by atoms with Crippen molar-refractivity contribution in [1.82, 2.24) is 5.43 Å². The van der Waals surface area contributed by atoms with Crippen LogP contribution in [-0.2, 0) is 14.4 Å². The van der Waals surface area contributed by atoms with Crippen LogP contribution in [0.3, 0.4) is 0 Å². The maximum atomic E-state index is 11.9. The Morgan fingerprint density at radius 3 is 2.45 bits per heavy atom. The van der Waals surface area contributed by atoms with E-state index in [-0.39, 0.29) is 5.75 Å². The first-order valence-electron chi connectivity index (χ1n) is 8.39. The number of benzene rings is 2. The van der Waals surface area contributed by atoms with Crippen molar-refractivity contribution < 1.29 is 29.0 Å². The van der Waals surface area contributed by atoms with E-state index in [0.29, 0.717) is 23.6 Å². The Hall–Kier alpha value is -4.14. The lowest BCUT2D eigenvalue weighted by Gasteiger charge is -2.09. The molecule has 9 heteroatoms. The summed E-state index contributed by atoms with van der Waals surface area (Å²) in [6.07, 6.45) is 2.83. The normalized spacial score (nSPS) is 10.2. The predicted octanol–water partition coefficient (Wildman–Crippen LogP) is 0.469. The third-order valence-corrected chi connectivity index (χ3v) is 3.32. The van der Waals surface area contributed by atoms with Gasteiger partial charge in [0.1, 0.15) is 24.7 Å². The predicted molar refractivity (Wildman–Crippen MR) is 103 cm³/mol. The molecule has 0 radical (unpaired) electrons. The van der Waals surface area contributed by atoms with Crippen LogP contribution in [0.25, 0.3) is 0 Å². The molecule has 2 aromatic rings. The quantitative estimate of drug-likeness (QED) is 0.274. The molecule has 0 unspecified atom stereocenters. The third-order valence-electron chi connectivity index (χ3n) is 3.32. The Labute approximate surface area is 166 Å². The smallest absolute Gasteiger partial charge is 0.329 e. The first kappa shape index (κ1) is 21.2. The monoisotopic (exact) mass is 396 g/mol. The summed E-state index contributed by atoms with van der Waals surface area (Å²) in [4.78, 5) is 34.3. The number of hydrazone groups is 1. The first-order valence-corrected chi connectivity index (χ1v) is 8.39. The molecular formula is C20H18N3O6-. The van der Waals surface area contributed by atoms with Gasteiger partial charge in [-0.2, -0.15) is 5.10 Å². The maximum Gasteiger partial charge on any atom is 0.329 e. The fourth-order valence-electron chi connectivity index (χ4n) is 2.04. The minimum Gasteiger partial charge on any atom is -0.546 e. The molecule has 9 nitrogen and oxygen atoms in total. The van der Waals surface area contributed by atoms with Gasteiger partial charge >= 0.3 is 11.8 Å². The molecule has 0 saturated carbocycles. The Bertz CT molecular complexity index is 909.